The number of hydrogen-bond acceptors (Lipinski definition) is 3. The van der Waals surface area contributed by atoms with Crippen LogP contribution in [0.1, 0.15) is 69.4 Å². The van der Waals surface area contributed by atoms with E-state index in [9.17, 15) is 14.7 Å². The second-order valence-corrected chi connectivity index (χ2v) is 8.66. The van der Waals surface area contributed by atoms with Crippen molar-refractivity contribution in [2.75, 3.05) is 6.54 Å². The number of fused-ring (bicyclic) bond motifs is 5. The van der Waals surface area contributed by atoms with Gasteiger partial charge in [0.2, 0.25) is 11.8 Å². The molecule has 26 heavy (non-hydrogen) atoms. The van der Waals surface area contributed by atoms with E-state index in [-0.39, 0.29) is 17.7 Å². The van der Waals surface area contributed by atoms with E-state index in [2.05, 4.69) is 19.9 Å². The van der Waals surface area contributed by atoms with Crippen molar-refractivity contribution < 1.29 is 14.7 Å². The van der Waals surface area contributed by atoms with Crippen molar-refractivity contribution in [3.05, 3.63) is 29.3 Å². The molecule has 1 heterocycles. The van der Waals surface area contributed by atoms with Crippen molar-refractivity contribution in [3.63, 3.8) is 0 Å². The molecule has 4 atom stereocenters. The van der Waals surface area contributed by atoms with E-state index in [1.165, 1.54) is 11.1 Å². The molecule has 2 amide bonds. The molecule has 4 rings (SSSR count). The molecular formula is C22H29NO3. The van der Waals surface area contributed by atoms with E-state index in [1.807, 2.05) is 6.07 Å². The van der Waals surface area contributed by atoms with Gasteiger partial charge in [-0.2, -0.15) is 0 Å². The Bertz CT molecular complexity index is 743. The van der Waals surface area contributed by atoms with Crippen LogP contribution in [-0.2, 0) is 16.0 Å². The molecule has 0 radical (unpaired) electrons. The van der Waals surface area contributed by atoms with E-state index in [0.29, 0.717) is 30.6 Å². The number of aryl methyl sites for hydroxylation is 1. The smallest absolute Gasteiger partial charge is 0.235 e. The SMILES string of the molecule is CCCCN1C(=O)CC2C3CCc4cc(O)ccc4C3CC[C@]2(C)C1=O. The van der Waals surface area contributed by atoms with Crippen LogP contribution in [0.25, 0.3) is 0 Å². The van der Waals surface area contributed by atoms with Crippen LogP contribution in [0.5, 0.6) is 5.75 Å². The number of piperidine rings is 1. The number of phenolic OH excluding ortho intramolecular Hbond substituents is 1. The number of likely N-dealkylation sites (tertiary alicyclic amines) is 1. The van der Waals surface area contributed by atoms with E-state index >= 15 is 0 Å². The highest BCUT2D eigenvalue weighted by molar-refractivity contribution is 6.01. The Morgan fingerprint density at radius 2 is 2.08 bits per heavy atom. The number of hydrogen-bond donors (Lipinski definition) is 1. The second-order valence-electron chi connectivity index (χ2n) is 8.66. The molecule has 2 aliphatic carbocycles. The predicted molar refractivity (Wildman–Crippen MR) is 99.7 cm³/mol. The Hall–Kier alpha value is -1.84. The first-order chi connectivity index (χ1) is 12.5. The lowest BCUT2D eigenvalue weighted by molar-refractivity contribution is -0.167. The number of carbonyl (C=O) groups excluding carboxylic acids is 2. The molecule has 2 fully saturated rings. The predicted octanol–water partition coefficient (Wildman–Crippen LogP) is 4.01. The molecule has 3 aliphatic rings. The summed E-state index contributed by atoms with van der Waals surface area (Å²) in [6.07, 6.45) is 6.19. The monoisotopic (exact) mass is 355 g/mol. The molecule has 1 aromatic rings. The third-order valence-corrected chi connectivity index (χ3v) is 7.26. The van der Waals surface area contributed by atoms with E-state index in [0.717, 1.165) is 38.5 Å². The van der Waals surface area contributed by atoms with Crippen molar-refractivity contribution in [3.8, 4) is 5.75 Å². The summed E-state index contributed by atoms with van der Waals surface area (Å²) in [6, 6.07) is 5.73. The van der Waals surface area contributed by atoms with Gasteiger partial charge in [-0.15, -0.1) is 0 Å². The first kappa shape index (κ1) is 17.6. The van der Waals surface area contributed by atoms with Crippen LogP contribution in [0.3, 0.4) is 0 Å². The number of benzene rings is 1. The molecule has 1 aromatic carbocycles. The van der Waals surface area contributed by atoms with Crippen LogP contribution in [0, 0.1) is 17.3 Å². The molecule has 140 valence electrons. The van der Waals surface area contributed by atoms with E-state index in [4.69, 9.17) is 0 Å². The number of imide groups is 1. The highest BCUT2D eigenvalue weighted by atomic mass is 16.3. The second kappa shape index (κ2) is 6.40. The van der Waals surface area contributed by atoms with Crippen molar-refractivity contribution in [1.29, 1.82) is 0 Å². The number of phenols is 1. The number of aromatic hydroxyl groups is 1. The lowest BCUT2D eigenvalue weighted by Gasteiger charge is -2.54. The zero-order chi connectivity index (χ0) is 18.5. The summed E-state index contributed by atoms with van der Waals surface area (Å²) < 4.78 is 0. The Kier molecular flexibility index (Phi) is 4.32. The number of nitrogens with zero attached hydrogens (tertiary/aromatic N) is 1. The number of amides is 2. The number of carbonyl (C=O) groups is 2. The molecule has 0 aromatic heterocycles. The minimum atomic E-state index is -0.392. The molecule has 3 unspecified atom stereocenters. The maximum absolute atomic E-state index is 13.2. The zero-order valence-electron chi connectivity index (χ0n) is 15.8. The van der Waals surface area contributed by atoms with Crippen LogP contribution < -0.4 is 0 Å². The van der Waals surface area contributed by atoms with Gasteiger partial charge in [-0.1, -0.05) is 26.3 Å². The van der Waals surface area contributed by atoms with Gasteiger partial charge >= 0.3 is 0 Å². The highest BCUT2D eigenvalue weighted by Crippen LogP contribution is 2.58. The normalized spacial score (nSPS) is 33.5. The zero-order valence-corrected chi connectivity index (χ0v) is 15.8. The summed E-state index contributed by atoms with van der Waals surface area (Å²) in [7, 11) is 0. The average Bonchev–Trinajstić information content (AvgIpc) is 2.62. The first-order valence-electron chi connectivity index (χ1n) is 10.1. The standard InChI is InChI=1S/C22H29NO3/c1-3-4-11-23-20(25)13-19-18-7-5-14-12-15(24)6-8-16(14)17(18)9-10-22(19,2)21(23)26/h6,8,12,17-19,24H,3-5,7,9-11,13H2,1-2H3/t17?,18?,19?,22-/m0/s1. The molecule has 1 saturated carbocycles. The molecule has 1 N–H and O–H groups in total. The minimum absolute atomic E-state index is 0.0306. The van der Waals surface area contributed by atoms with Crippen LogP contribution in [0.2, 0.25) is 0 Å². The summed E-state index contributed by atoms with van der Waals surface area (Å²) in [5, 5.41) is 9.79. The summed E-state index contributed by atoms with van der Waals surface area (Å²) in [4.78, 5) is 27.5. The summed E-state index contributed by atoms with van der Waals surface area (Å²) in [6.45, 7) is 4.77. The Morgan fingerprint density at radius 1 is 1.27 bits per heavy atom. The lowest BCUT2D eigenvalue weighted by atomic mass is 9.52. The molecule has 1 aliphatic heterocycles. The van der Waals surface area contributed by atoms with Gasteiger partial charge in [-0.3, -0.25) is 14.5 Å². The van der Waals surface area contributed by atoms with Crippen molar-refractivity contribution in [1.82, 2.24) is 4.90 Å². The fourth-order valence-corrected chi connectivity index (χ4v) is 5.79. The minimum Gasteiger partial charge on any atom is -0.508 e. The van der Waals surface area contributed by atoms with Gasteiger partial charge < -0.3 is 5.11 Å². The van der Waals surface area contributed by atoms with E-state index in [1.54, 1.807) is 11.0 Å². The molecule has 1 saturated heterocycles. The third-order valence-electron chi connectivity index (χ3n) is 7.26. The molecule has 4 heteroatoms. The maximum atomic E-state index is 13.2. The molecule has 0 bridgehead atoms. The fraction of sp³-hybridized carbons (Fsp3) is 0.636. The molecular weight excluding hydrogens is 326 g/mol. The van der Waals surface area contributed by atoms with Gasteiger partial charge in [0.1, 0.15) is 5.75 Å². The van der Waals surface area contributed by atoms with Gasteiger partial charge in [0, 0.05) is 13.0 Å². The van der Waals surface area contributed by atoms with Crippen LogP contribution in [-0.4, -0.2) is 28.4 Å². The van der Waals surface area contributed by atoms with Crippen LogP contribution >= 0.6 is 0 Å². The van der Waals surface area contributed by atoms with Gasteiger partial charge in [0.15, 0.2) is 0 Å². The lowest BCUT2D eigenvalue weighted by Crippen LogP contribution is -2.59. The van der Waals surface area contributed by atoms with Crippen molar-refractivity contribution >= 4 is 11.8 Å². The number of unbranched alkanes of at least 4 members (excludes halogenated alkanes) is 1. The quantitative estimate of drug-likeness (QED) is 0.833. The van der Waals surface area contributed by atoms with Crippen LogP contribution in [0.15, 0.2) is 18.2 Å². The fourth-order valence-electron chi connectivity index (χ4n) is 5.79. The number of rotatable bonds is 3. The highest BCUT2D eigenvalue weighted by Gasteiger charge is 2.57. The summed E-state index contributed by atoms with van der Waals surface area (Å²) in [5.41, 5.74) is 2.18. The Balaban J connectivity index is 1.64. The Morgan fingerprint density at radius 3 is 2.85 bits per heavy atom. The first-order valence-corrected chi connectivity index (χ1v) is 10.1. The summed E-state index contributed by atoms with van der Waals surface area (Å²) in [5.74, 6) is 1.40. The third kappa shape index (κ3) is 2.57. The van der Waals surface area contributed by atoms with Crippen molar-refractivity contribution in [2.45, 2.75) is 64.7 Å². The van der Waals surface area contributed by atoms with Crippen molar-refractivity contribution in [2.24, 2.45) is 17.3 Å². The van der Waals surface area contributed by atoms with Gasteiger partial charge in [0.25, 0.3) is 0 Å². The molecule has 4 nitrogen and oxygen atoms in total. The molecule has 0 spiro atoms. The van der Waals surface area contributed by atoms with Crippen LogP contribution in [0.4, 0.5) is 0 Å². The topological polar surface area (TPSA) is 57.6 Å². The maximum Gasteiger partial charge on any atom is 0.235 e. The average molecular weight is 355 g/mol. The van der Waals surface area contributed by atoms with Gasteiger partial charge in [0.05, 0.1) is 5.41 Å². The Labute approximate surface area is 155 Å². The van der Waals surface area contributed by atoms with Gasteiger partial charge in [-0.05, 0) is 73.1 Å². The van der Waals surface area contributed by atoms with Gasteiger partial charge in [-0.25, -0.2) is 0 Å². The largest absolute Gasteiger partial charge is 0.508 e. The summed E-state index contributed by atoms with van der Waals surface area (Å²) >= 11 is 0. The van der Waals surface area contributed by atoms with E-state index < -0.39 is 5.41 Å².